The average Bonchev–Trinajstić information content (AvgIpc) is 3.25. The van der Waals surface area contributed by atoms with Crippen LogP contribution in [0.25, 0.3) is 0 Å². The molecule has 2 aliphatic rings. The average molecular weight is 338 g/mol. The molecule has 4 rings (SSSR count). The number of para-hydroxylation sites is 1. The molecule has 0 spiro atoms. The normalized spacial score (nSPS) is 21.6. The lowest BCUT2D eigenvalue weighted by molar-refractivity contribution is -0.127. The van der Waals surface area contributed by atoms with Crippen LogP contribution in [0, 0.1) is 5.92 Å². The first kappa shape index (κ1) is 15.9. The van der Waals surface area contributed by atoms with Gasteiger partial charge in [0.2, 0.25) is 11.8 Å². The molecule has 0 fully saturated rings. The maximum Gasteiger partial charge on any atom is 0.246 e. The molecular formula is C19H22N4O2. The zero-order chi connectivity index (χ0) is 17.4. The van der Waals surface area contributed by atoms with Gasteiger partial charge in [-0.25, -0.2) is 0 Å². The third-order valence-electron chi connectivity index (χ3n) is 5.39. The summed E-state index contributed by atoms with van der Waals surface area (Å²) in [6.07, 6.45) is 4.48. The third kappa shape index (κ3) is 2.81. The lowest BCUT2D eigenvalue weighted by Gasteiger charge is -2.27. The van der Waals surface area contributed by atoms with E-state index >= 15 is 0 Å². The molecule has 1 aliphatic carbocycles. The molecule has 2 aromatic rings. The molecule has 2 heterocycles. The summed E-state index contributed by atoms with van der Waals surface area (Å²) >= 11 is 0. The predicted octanol–water partition coefficient (Wildman–Crippen LogP) is 1.78. The number of rotatable bonds is 3. The van der Waals surface area contributed by atoms with Crippen molar-refractivity contribution in [2.45, 2.75) is 32.1 Å². The van der Waals surface area contributed by atoms with Crippen LogP contribution in [0.4, 0.5) is 5.69 Å². The van der Waals surface area contributed by atoms with E-state index in [-0.39, 0.29) is 30.2 Å². The number of carbonyl (C=O) groups is 2. The Morgan fingerprint density at radius 3 is 3.04 bits per heavy atom. The van der Waals surface area contributed by atoms with Crippen LogP contribution in [0.1, 0.15) is 36.1 Å². The molecule has 1 aromatic carbocycles. The van der Waals surface area contributed by atoms with Crippen LogP contribution in [0.5, 0.6) is 0 Å². The van der Waals surface area contributed by atoms with Crippen molar-refractivity contribution in [3.8, 4) is 0 Å². The van der Waals surface area contributed by atoms with Crippen molar-refractivity contribution in [1.29, 1.82) is 0 Å². The van der Waals surface area contributed by atoms with E-state index in [9.17, 15) is 9.59 Å². The molecule has 2 unspecified atom stereocenters. The summed E-state index contributed by atoms with van der Waals surface area (Å²) in [5.74, 6) is -0.140. The molecule has 0 saturated heterocycles. The van der Waals surface area contributed by atoms with E-state index in [0.717, 1.165) is 36.2 Å². The van der Waals surface area contributed by atoms with Gasteiger partial charge in [0.05, 0.1) is 18.7 Å². The highest BCUT2D eigenvalue weighted by atomic mass is 16.2. The zero-order valence-corrected chi connectivity index (χ0v) is 14.3. The van der Waals surface area contributed by atoms with Crippen molar-refractivity contribution in [1.82, 2.24) is 15.5 Å². The second-order valence-electron chi connectivity index (χ2n) is 6.94. The number of nitrogens with zero attached hydrogens (tertiary/aromatic N) is 2. The second-order valence-corrected chi connectivity index (χ2v) is 6.94. The number of amides is 2. The number of hydrogen-bond donors (Lipinski definition) is 2. The van der Waals surface area contributed by atoms with E-state index in [2.05, 4.69) is 22.4 Å². The van der Waals surface area contributed by atoms with E-state index < -0.39 is 0 Å². The Hall–Kier alpha value is -2.63. The van der Waals surface area contributed by atoms with Crippen molar-refractivity contribution in [2.24, 2.45) is 5.92 Å². The lowest BCUT2D eigenvalue weighted by atomic mass is 9.78. The summed E-state index contributed by atoms with van der Waals surface area (Å²) < 4.78 is 0. The Kier molecular flexibility index (Phi) is 4.03. The highest BCUT2D eigenvalue weighted by Crippen LogP contribution is 2.35. The predicted molar refractivity (Wildman–Crippen MR) is 94.3 cm³/mol. The topological polar surface area (TPSA) is 78.1 Å². The fraction of sp³-hybridized carbons (Fsp3) is 0.421. The molecule has 0 bridgehead atoms. The first-order valence-electron chi connectivity index (χ1n) is 8.83. The summed E-state index contributed by atoms with van der Waals surface area (Å²) in [5, 5.41) is 9.90. The number of carbonyl (C=O) groups excluding carboxylic acids is 2. The van der Waals surface area contributed by atoms with Gasteiger partial charge in [0.1, 0.15) is 0 Å². The molecule has 130 valence electrons. The largest absolute Gasteiger partial charge is 0.346 e. The molecule has 2 N–H and O–H groups in total. The van der Waals surface area contributed by atoms with Crippen LogP contribution in [0.15, 0.2) is 30.5 Å². The quantitative estimate of drug-likeness (QED) is 0.895. The van der Waals surface area contributed by atoms with Gasteiger partial charge < -0.3 is 10.2 Å². The molecule has 1 aliphatic heterocycles. The van der Waals surface area contributed by atoms with Crippen molar-refractivity contribution in [2.75, 3.05) is 18.0 Å². The minimum Gasteiger partial charge on any atom is -0.346 e. The Labute approximate surface area is 146 Å². The van der Waals surface area contributed by atoms with Gasteiger partial charge in [0.15, 0.2) is 0 Å². The monoisotopic (exact) mass is 338 g/mol. The molecule has 2 atom stereocenters. The number of benzene rings is 1. The van der Waals surface area contributed by atoms with E-state index in [1.165, 1.54) is 5.56 Å². The summed E-state index contributed by atoms with van der Waals surface area (Å²) in [7, 11) is 0. The summed E-state index contributed by atoms with van der Waals surface area (Å²) in [6, 6.07) is 7.93. The first-order chi connectivity index (χ1) is 12.1. The lowest BCUT2D eigenvalue weighted by Crippen LogP contribution is -2.42. The zero-order valence-electron chi connectivity index (χ0n) is 14.3. The van der Waals surface area contributed by atoms with Gasteiger partial charge in [-0.15, -0.1) is 0 Å². The smallest absolute Gasteiger partial charge is 0.246 e. The van der Waals surface area contributed by atoms with E-state index in [0.29, 0.717) is 6.54 Å². The van der Waals surface area contributed by atoms with Crippen LogP contribution in [-0.2, 0) is 22.4 Å². The maximum absolute atomic E-state index is 12.7. The van der Waals surface area contributed by atoms with Gasteiger partial charge >= 0.3 is 0 Å². The third-order valence-corrected chi connectivity index (χ3v) is 5.39. The number of H-pyrrole nitrogens is 1. The maximum atomic E-state index is 12.7. The highest BCUT2D eigenvalue weighted by Gasteiger charge is 2.34. The van der Waals surface area contributed by atoms with Gasteiger partial charge in [-0.2, -0.15) is 5.10 Å². The molecule has 2 amide bonds. The molecule has 6 heteroatoms. The number of anilines is 1. The van der Waals surface area contributed by atoms with Crippen LogP contribution in [0.2, 0.25) is 0 Å². The van der Waals surface area contributed by atoms with Gasteiger partial charge in [0, 0.05) is 23.5 Å². The van der Waals surface area contributed by atoms with Gasteiger partial charge in [-0.3, -0.25) is 14.7 Å². The number of aromatic nitrogens is 2. The number of aromatic amines is 1. The molecule has 25 heavy (non-hydrogen) atoms. The number of aryl methyl sites for hydroxylation is 1. The SMILES string of the molecule is CC1CCc2[nH]ncc2C1C(=O)NCC(=O)N1CCc2ccccc21. The summed E-state index contributed by atoms with van der Waals surface area (Å²) in [5.41, 5.74) is 4.16. The molecular weight excluding hydrogens is 316 g/mol. The summed E-state index contributed by atoms with van der Waals surface area (Å²) in [4.78, 5) is 27.0. The van der Waals surface area contributed by atoms with E-state index in [1.54, 1.807) is 11.1 Å². The second kappa shape index (κ2) is 6.35. The van der Waals surface area contributed by atoms with Crippen molar-refractivity contribution in [3.63, 3.8) is 0 Å². The van der Waals surface area contributed by atoms with Crippen molar-refractivity contribution < 1.29 is 9.59 Å². The van der Waals surface area contributed by atoms with Crippen LogP contribution in [0.3, 0.4) is 0 Å². The minimum absolute atomic E-state index is 0.0313. The van der Waals surface area contributed by atoms with Crippen LogP contribution in [-0.4, -0.2) is 35.1 Å². The Morgan fingerprint density at radius 1 is 1.32 bits per heavy atom. The fourth-order valence-corrected chi connectivity index (χ4v) is 4.00. The highest BCUT2D eigenvalue weighted by molar-refractivity contribution is 5.99. The minimum atomic E-state index is -0.235. The van der Waals surface area contributed by atoms with Gasteiger partial charge in [-0.05, 0) is 36.8 Å². The molecule has 0 radical (unpaired) electrons. The number of hydrogen-bond acceptors (Lipinski definition) is 3. The number of nitrogens with one attached hydrogen (secondary N) is 2. The van der Waals surface area contributed by atoms with E-state index in [1.807, 2.05) is 24.3 Å². The standard InChI is InChI=1S/C19H22N4O2/c1-12-6-7-15-14(10-21-22-15)18(12)19(25)20-11-17(24)23-9-8-13-4-2-3-5-16(13)23/h2-5,10,12,18H,6-9,11H2,1H3,(H,20,25)(H,21,22). The van der Waals surface area contributed by atoms with Crippen molar-refractivity contribution >= 4 is 17.5 Å². The fourth-order valence-electron chi connectivity index (χ4n) is 4.00. The molecule has 6 nitrogen and oxygen atoms in total. The van der Waals surface area contributed by atoms with Gasteiger partial charge in [0.25, 0.3) is 0 Å². The molecule has 1 aromatic heterocycles. The van der Waals surface area contributed by atoms with E-state index in [4.69, 9.17) is 0 Å². The Bertz CT molecular complexity index is 813. The summed E-state index contributed by atoms with van der Waals surface area (Å²) in [6.45, 7) is 2.79. The van der Waals surface area contributed by atoms with Crippen molar-refractivity contribution in [3.05, 3.63) is 47.3 Å². The van der Waals surface area contributed by atoms with Crippen LogP contribution < -0.4 is 10.2 Å². The van der Waals surface area contributed by atoms with Gasteiger partial charge in [-0.1, -0.05) is 25.1 Å². The Balaban J connectivity index is 1.42. The first-order valence-corrected chi connectivity index (χ1v) is 8.83. The molecule has 0 saturated carbocycles. The number of fused-ring (bicyclic) bond motifs is 2. The van der Waals surface area contributed by atoms with Crippen LogP contribution >= 0.6 is 0 Å². The Morgan fingerprint density at radius 2 is 2.16 bits per heavy atom.